The summed E-state index contributed by atoms with van der Waals surface area (Å²) in [4.78, 5) is 14.6. The first-order valence-electron chi connectivity index (χ1n) is 7.69. The summed E-state index contributed by atoms with van der Waals surface area (Å²) in [5.41, 5.74) is 4.33. The van der Waals surface area contributed by atoms with Crippen molar-refractivity contribution in [2.45, 2.75) is 52.7 Å². The van der Waals surface area contributed by atoms with E-state index in [4.69, 9.17) is 0 Å². The third-order valence-electron chi connectivity index (χ3n) is 4.35. The Balaban J connectivity index is 2.04. The van der Waals surface area contributed by atoms with Gasteiger partial charge in [-0.3, -0.25) is 9.69 Å². The zero-order valence-electron chi connectivity index (χ0n) is 13.4. The number of carbonyl (C=O) groups excluding carboxylic acids is 1. The van der Waals surface area contributed by atoms with E-state index < -0.39 is 0 Å². The summed E-state index contributed by atoms with van der Waals surface area (Å²) in [5.74, 6) is 0.0291. The predicted octanol–water partition coefficient (Wildman–Crippen LogP) is 2.40. The largest absolute Gasteiger partial charge is 0.393 e. The van der Waals surface area contributed by atoms with Crippen molar-refractivity contribution in [1.29, 1.82) is 0 Å². The lowest BCUT2D eigenvalue weighted by Gasteiger charge is -2.33. The molecule has 1 unspecified atom stereocenters. The molecule has 4 heteroatoms. The molecule has 116 valence electrons. The first-order valence-corrected chi connectivity index (χ1v) is 7.69. The number of aliphatic hydroxyl groups is 1. The summed E-state index contributed by atoms with van der Waals surface area (Å²) < 4.78 is 0. The van der Waals surface area contributed by atoms with Crippen molar-refractivity contribution in [3.05, 3.63) is 28.8 Å². The molecule has 0 bridgehead atoms. The van der Waals surface area contributed by atoms with Crippen LogP contribution in [0.3, 0.4) is 0 Å². The minimum atomic E-state index is -0.210. The van der Waals surface area contributed by atoms with Crippen molar-refractivity contribution in [2.24, 2.45) is 0 Å². The van der Waals surface area contributed by atoms with Gasteiger partial charge in [0.15, 0.2) is 0 Å². The normalized spacial score (nSPS) is 18.5. The number of piperidine rings is 1. The molecule has 1 heterocycles. The number of hydrogen-bond acceptors (Lipinski definition) is 3. The minimum Gasteiger partial charge on any atom is -0.393 e. The van der Waals surface area contributed by atoms with Crippen molar-refractivity contribution in [3.8, 4) is 0 Å². The molecule has 0 radical (unpaired) electrons. The maximum atomic E-state index is 12.5. The number of carbonyl (C=O) groups is 1. The summed E-state index contributed by atoms with van der Waals surface area (Å²) in [7, 11) is 0. The third-order valence-corrected chi connectivity index (χ3v) is 4.35. The van der Waals surface area contributed by atoms with Crippen molar-refractivity contribution >= 4 is 11.6 Å². The van der Waals surface area contributed by atoms with E-state index in [-0.39, 0.29) is 18.1 Å². The van der Waals surface area contributed by atoms with Crippen LogP contribution < -0.4 is 5.32 Å². The molecule has 0 saturated carbocycles. The monoisotopic (exact) mass is 290 g/mol. The van der Waals surface area contributed by atoms with Crippen LogP contribution >= 0.6 is 0 Å². The average molecular weight is 290 g/mol. The summed E-state index contributed by atoms with van der Waals surface area (Å²) >= 11 is 0. The highest BCUT2D eigenvalue weighted by atomic mass is 16.3. The smallest absolute Gasteiger partial charge is 0.241 e. The number of aliphatic hydroxyl groups excluding tert-OH is 1. The van der Waals surface area contributed by atoms with E-state index in [1.807, 2.05) is 20.8 Å². The van der Waals surface area contributed by atoms with E-state index >= 15 is 0 Å². The second kappa shape index (κ2) is 6.58. The molecule has 4 nitrogen and oxygen atoms in total. The lowest BCUT2D eigenvalue weighted by molar-refractivity contribution is -0.121. The molecule has 1 saturated heterocycles. The molecule has 1 aromatic carbocycles. The molecule has 1 aliphatic heterocycles. The Kier molecular flexibility index (Phi) is 5.01. The number of likely N-dealkylation sites (tertiary alicyclic amines) is 1. The molecular weight excluding hydrogens is 264 g/mol. The van der Waals surface area contributed by atoms with Gasteiger partial charge in [0.1, 0.15) is 0 Å². The van der Waals surface area contributed by atoms with Gasteiger partial charge in [-0.1, -0.05) is 17.7 Å². The number of hydrogen-bond donors (Lipinski definition) is 2. The summed E-state index contributed by atoms with van der Waals surface area (Å²) in [5, 5.41) is 12.6. The Bertz CT molecular complexity index is 497. The van der Waals surface area contributed by atoms with Gasteiger partial charge in [-0.2, -0.15) is 0 Å². The number of anilines is 1. The van der Waals surface area contributed by atoms with Gasteiger partial charge >= 0.3 is 0 Å². The van der Waals surface area contributed by atoms with E-state index in [1.165, 1.54) is 5.56 Å². The highest BCUT2D eigenvalue weighted by Gasteiger charge is 2.26. The van der Waals surface area contributed by atoms with E-state index in [9.17, 15) is 9.90 Å². The maximum absolute atomic E-state index is 12.5. The number of aryl methyl sites for hydroxylation is 3. The van der Waals surface area contributed by atoms with Crippen LogP contribution in [0.2, 0.25) is 0 Å². The van der Waals surface area contributed by atoms with Gasteiger partial charge in [-0.25, -0.2) is 0 Å². The Morgan fingerprint density at radius 3 is 2.29 bits per heavy atom. The third kappa shape index (κ3) is 3.83. The molecule has 2 N–H and O–H groups in total. The van der Waals surface area contributed by atoms with Gasteiger partial charge in [-0.15, -0.1) is 0 Å². The van der Waals surface area contributed by atoms with Crippen molar-refractivity contribution in [1.82, 2.24) is 4.90 Å². The van der Waals surface area contributed by atoms with Crippen LogP contribution in [-0.4, -0.2) is 41.1 Å². The van der Waals surface area contributed by atoms with Gasteiger partial charge < -0.3 is 10.4 Å². The second-order valence-corrected chi connectivity index (χ2v) is 6.21. The molecule has 0 aromatic heterocycles. The van der Waals surface area contributed by atoms with Crippen LogP contribution in [-0.2, 0) is 4.79 Å². The van der Waals surface area contributed by atoms with Gasteiger partial charge in [0.25, 0.3) is 0 Å². The SMILES string of the molecule is Cc1cc(C)c(NC(=O)C(C)N2CCC(O)CC2)c(C)c1. The second-order valence-electron chi connectivity index (χ2n) is 6.21. The lowest BCUT2D eigenvalue weighted by atomic mass is 10.0. The number of nitrogens with zero attached hydrogens (tertiary/aromatic N) is 1. The van der Waals surface area contributed by atoms with E-state index in [2.05, 4.69) is 29.3 Å². The Hall–Kier alpha value is -1.39. The van der Waals surface area contributed by atoms with Crippen LogP contribution in [0.4, 0.5) is 5.69 Å². The standard InChI is InChI=1S/C17H26N2O2/c1-11-9-12(2)16(13(3)10-11)18-17(21)14(4)19-7-5-15(20)6-8-19/h9-10,14-15,20H,5-8H2,1-4H3,(H,18,21). The predicted molar refractivity (Wildman–Crippen MR) is 85.6 cm³/mol. The fourth-order valence-electron chi connectivity index (χ4n) is 3.04. The van der Waals surface area contributed by atoms with E-state index in [0.717, 1.165) is 42.7 Å². The minimum absolute atomic E-state index is 0.0291. The number of benzene rings is 1. The zero-order chi connectivity index (χ0) is 15.6. The quantitative estimate of drug-likeness (QED) is 0.899. The molecule has 2 rings (SSSR count). The van der Waals surface area contributed by atoms with E-state index in [0.29, 0.717) is 0 Å². The maximum Gasteiger partial charge on any atom is 0.241 e. The highest BCUT2D eigenvalue weighted by Crippen LogP contribution is 2.23. The Morgan fingerprint density at radius 2 is 1.76 bits per heavy atom. The highest BCUT2D eigenvalue weighted by molar-refractivity contribution is 5.96. The zero-order valence-corrected chi connectivity index (χ0v) is 13.4. The van der Waals surface area contributed by atoms with Crippen molar-refractivity contribution in [3.63, 3.8) is 0 Å². The Labute approximate surface area is 127 Å². The number of rotatable bonds is 3. The lowest BCUT2D eigenvalue weighted by Crippen LogP contribution is -2.47. The topological polar surface area (TPSA) is 52.6 Å². The van der Waals surface area contributed by atoms with Crippen LogP contribution in [0.5, 0.6) is 0 Å². The van der Waals surface area contributed by atoms with Gasteiger partial charge in [0.05, 0.1) is 12.1 Å². The Morgan fingerprint density at radius 1 is 1.24 bits per heavy atom. The molecule has 0 aliphatic carbocycles. The van der Waals surface area contributed by atoms with Crippen LogP contribution in [0.1, 0.15) is 36.5 Å². The first kappa shape index (κ1) is 16.0. The average Bonchev–Trinajstić information content (AvgIpc) is 2.42. The van der Waals surface area contributed by atoms with Gasteiger partial charge in [0.2, 0.25) is 5.91 Å². The molecule has 1 atom stereocenters. The van der Waals surface area contributed by atoms with Crippen molar-refractivity contribution < 1.29 is 9.90 Å². The summed E-state index contributed by atoms with van der Waals surface area (Å²) in [6, 6.07) is 4.01. The molecule has 1 aromatic rings. The van der Waals surface area contributed by atoms with Crippen LogP contribution in [0, 0.1) is 20.8 Å². The fourth-order valence-corrected chi connectivity index (χ4v) is 3.04. The van der Waals surface area contributed by atoms with Gasteiger partial charge in [-0.05, 0) is 51.7 Å². The van der Waals surface area contributed by atoms with E-state index in [1.54, 1.807) is 0 Å². The summed E-state index contributed by atoms with van der Waals surface area (Å²) in [6.07, 6.45) is 1.29. The molecule has 1 fully saturated rings. The van der Waals surface area contributed by atoms with Gasteiger partial charge in [0, 0.05) is 18.8 Å². The summed E-state index contributed by atoms with van der Waals surface area (Å²) in [6.45, 7) is 9.61. The number of amides is 1. The van der Waals surface area contributed by atoms with Crippen molar-refractivity contribution in [2.75, 3.05) is 18.4 Å². The molecule has 21 heavy (non-hydrogen) atoms. The van der Waals surface area contributed by atoms with Crippen LogP contribution in [0.25, 0.3) is 0 Å². The first-order chi connectivity index (χ1) is 9.88. The molecular formula is C17H26N2O2. The molecule has 1 amide bonds. The number of nitrogens with one attached hydrogen (secondary N) is 1. The fraction of sp³-hybridized carbons (Fsp3) is 0.588. The molecule has 0 spiro atoms. The molecule has 1 aliphatic rings. The van der Waals surface area contributed by atoms with Crippen LogP contribution in [0.15, 0.2) is 12.1 Å².